The van der Waals surface area contributed by atoms with Crippen molar-refractivity contribution in [2.45, 2.75) is 38.8 Å². The fourth-order valence-electron chi connectivity index (χ4n) is 2.94. The summed E-state index contributed by atoms with van der Waals surface area (Å²) in [7, 11) is 0. The summed E-state index contributed by atoms with van der Waals surface area (Å²) >= 11 is 0. The molecule has 0 bridgehead atoms. The summed E-state index contributed by atoms with van der Waals surface area (Å²) in [6.45, 7) is 9.04. The molecule has 2 rings (SSSR count). The number of aliphatic hydroxyl groups excluding tert-OH is 1. The monoisotopic (exact) mass is 281 g/mol. The van der Waals surface area contributed by atoms with Crippen molar-refractivity contribution >= 4 is 0 Å². The second-order valence-corrected chi connectivity index (χ2v) is 5.71. The fraction of sp³-hybridized carbons (Fsp3) is 0.625. The van der Waals surface area contributed by atoms with Gasteiger partial charge in [-0.05, 0) is 43.5 Å². The Morgan fingerprint density at radius 1 is 1.40 bits per heavy atom. The zero-order chi connectivity index (χ0) is 14.8. The molecule has 3 nitrogen and oxygen atoms in total. The van der Waals surface area contributed by atoms with Crippen LogP contribution in [0, 0.1) is 12.7 Å². The van der Waals surface area contributed by atoms with Gasteiger partial charge in [0.25, 0.3) is 0 Å². The predicted molar refractivity (Wildman–Crippen MR) is 77.2 cm³/mol. The van der Waals surface area contributed by atoms with Crippen LogP contribution in [0.5, 0.6) is 0 Å². The Hall–Kier alpha value is -0.970. The van der Waals surface area contributed by atoms with Crippen molar-refractivity contribution in [3.05, 3.63) is 35.1 Å². The van der Waals surface area contributed by atoms with Gasteiger partial charge >= 0.3 is 0 Å². The second-order valence-electron chi connectivity index (χ2n) is 5.71. The summed E-state index contributed by atoms with van der Waals surface area (Å²) in [5.74, 6) is -0.261. The Bertz CT molecular complexity index is 460. The number of hydrogen-bond acceptors (Lipinski definition) is 3. The molecule has 1 aliphatic heterocycles. The molecule has 1 aromatic carbocycles. The molecule has 2 atom stereocenters. The van der Waals surface area contributed by atoms with E-state index in [1.807, 2.05) is 6.92 Å². The average Bonchev–Trinajstić information content (AvgIpc) is 2.46. The van der Waals surface area contributed by atoms with Crippen LogP contribution in [0.15, 0.2) is 18.2 Å². The largest absolute Gasteiger partial charge is 0.386 e. The molecule has 4 heteroatoms. The molecular weight excluding hydrogens is 257 g/mol. The van der Waals surface area contributed by atoms with Crippen LogP contribution in [0.2, 0.25) is 0 Å². The van der Waals surface area contributed by atoms with Gasteiger partial charge in [0, 0.05) is 18.6 Å². The maximum absolute atomic E-state index is 13.2. The van der Waals surface area contributed by atoms with E-state index in [9.17, 15) is 9.50 Å². The van der Waals surface area contributed by atoms with E-state index in [1.165, 1.54) is 12.1 Å². The van der Waals surface area contributed by atoms with E-state index in [1.54, 1.807) is 6.07 Å². The number of morpholine rings is 1. The van der Waals surface area contributed by atoms with Crippen molar-refractivity contribution in [1.82, 2.24) is 4.90 Å². The highest BCUT2D eigenvalue weighted by atomic mass is 19.1. The lowest BCUT2D eigenvalue weighted by molar-refractivity contribution is -0.0736. The lowest BCUT2D eigenvalue weighted by Gasteiger charge is -2.46. The van der Waals surface area contributed by atoms with Crippen LogP contribution in [0.4, 0.5) is 4.39 Å². The highest BCUT2D eigenvalue weighted by Crippen LogP contribution is 2.36. The third-order valence-corrected chi connectivity index (χ3v) is 4.56. The lowest BCUT2D eigenvalue weighted by atomic mass is 9.83. The molecule has 1 N–H and O–H groups in total. The van der Waals surface area contributed by atoms with Gasteiger partial charge in [-0.25, -0.2) is 4.39 Å². The number of rotatable bonds is 4. The zero-order valence-electron chi connectivity index (χ0n) is 12.5. The van der Waals surface area contributed by atoms with E-state index in [2.05, 4.69) is 18.7 Å². The van der Waals surface area contributed by atoms with E-state index in [0.29, 0.717) is 13.2 Å². The van der Waals surface area contributed by atoms with Crippen molar-refractivity contribution in [2.24, 2.45) is 0 Å². The quantitative estimate of drug-likeness (QED) is 0.921. The number of benzene rings is 1. The topological polar surface area (TPSA) is 32.7 Å². The van der Waals surface area contributed by atoms with E-state index in [0.717, 1.165) is 30.6 Å². The fourth-order valence-corrected chi connectivity index (χ4v) is 2.94. The molecule has 0 aliphatic carbocycles. The van der Waals surface area contributed by atoms with E-state index < -0.39 is 6.10 Å². The van der Waals surface area contributed by atoms with E-state index in [-0.39, 0.29) is 11.4 Å². The molecule has 1 saturated heterocycles. The minimum absolute atomic E-state index is 0.261. The van der Waals surface area contributed by atoms with Crippen LogP contribution in [-0.2, 0) is 4.74 Å². The third kappa shape index (κ3) is 2.87. The number of halogens is 1. The van der Waals surface area contributed by atoms with Crippen LogP contribution >= 0.6 is 0 Å². The maximum Gasteiger partial charge on any atom is 0.123 e. The highest BCUT2D eigenvalue weighted by Gasteiger charge is 2.39. The van der Waals surface area contributed by atoms with E-state index in [4.69, 9.17) is 4.74 Å². The highest BCUT2D eigenvalue weighted by molar-refractivity contribution is 5.30. The summed E-state index contributed by atoms with van der Waals surface area (Å²) in [6.07, 6.45) is 0.191. The van der Waals surface area contributed by atoms with Crippen LogP contribution in [-0.4, -0.2) is 41.8 Å². The van der Waals surface area contributed by atoms with Crippen molar-refractivity contribution in [1.29, 1.82) is 0 Å². The van der Waals surface area contributed by atoms with Crippen LogP contribution in [0.3, 0.4) is 0 Å². The molecule has 1 aliphatic rings. The molecule has 1 aromatic rings. The molecule has 0 radical (unpaired) electrons. The van der Waals surface area contributed by atoms with Crippen LogP contribution in [0.1, 0.15) is 37.5 Å². The van der Waals surface area contributed by atoms with Gasteiger partial charge < -0.3 is 9.84 Å². The molecule has 112 valence electrons. The Morgan fingerprint density at radius 3 is 2.60 bits per heavy atom. The molecule has 2 unspecified atom stereocenters. The van der Waals surface area contributed by atoms with Crippen LogP contribution < -0.4 is 0 Å². The van der Waals surface area contributed by atoms with Gasteiger partial charge in [-0.1, -0.05) is 13.0 Å². The number of aryl methyl sites for hydroxylation is 1. The van der Waals surface area contributed by atoms with Gasteiger partial charge in [0.1, 0.15) is 5.82 Å². The minimum Gasteiger partial charge on any atom is -0.386 e. The van der Waals surface area contributed by atoms with Gasteiger partial charge in [0.2, 0.25) is 0 Å². The smallest absolute Gasteiger partial charge is 0.123 e. The summed E-state index contributed by atoms with van der Waals surface area (Å²) < 4.78 is 18.6. The van der Waals surface area contributed by atoms with E-state index >= 15 is 0 Å². The van der Waals surface area contributed by atoms with Crippen molar-refractivity contribution in [3.63, 3.8) is 0 Å². The molecule has 0 saturated carbocycles. The average molecular weight is 281 g/mol. The van der Waals surface area contributed by atoms with Gasteiger partial charge in [-0.3, -0.25) is 4.90 Å². The number of nitrogens with zero attached hydrogens (tertiary/aromatic N) is 1. The normalized spacial score (nSPS) is 21.4. The predicted octanol–water partition coefficient (Wildman–Crippen LogP) is 2.67. The number of ether oxygens (including phenoxy) is 1. The summed E-state index contributed by atoms with van der Waals surface area (Å²) in [5, 5.41) is 10.9. The SMILES string of the molecule is CCC(C)(C(O)c1ccc(F)cc1C)N1CCOCC1. The lowest BCUT2D eigenvalue weighted by Crippen LogP contribution is -2.54. The Morgan fingerprint density at radius 2 is 2.05 bits per heavy atom. The van der Waals surface area contributed by atoms with Crippen molar-refractivity contribution in [3.8, 4) is 0 Å². The third-order valence-electron chi connectivity index (χ3n) is 4.56. The zero-order valence-corrected chi connectivity index (χ0v) is 12.5. The molecule has 20 heavy (non-hydrogen) atoms. The number of hydrogen-bond donors (Lipinski definition) is 1. The summed E-state index contributed by atoms with van der Waals surface area (Å²) in [5.41, 5.74) is 1.25. The first-order chi connectivity index (χ1) is 9.49. The van der Waals surface area contributed by atoms with Crippen molar-refractivity contribution in [2.75, 3.05) is 26.3 Å². The first-order valence-electron chi connectivity index (χ1n) is 7.26. The molecule has 0 spiro atoms. The number of aliphatic hydroxyl groups is 1. The first-order valence-corrected chi connectivity index (χ1v) is 7.26. The summed E-state index contributed by atoms with van der Waals surface area (Å²) in [4.78, 5) is 2.28. The first kappa shape index (κ1) is 15.4. The molecule has 1 heterocycles. The molecule has 0 amide bonds. The maximum atomic E-state index is 13.2. The Labute approximate surface area is 120 Å². The van der Waals surface area contributed by atoms with Crippen molar-refractivity contribution < 1.29 is 14.2 Å². The Balaban J connectivity index is 2.29. The Kier molecular flexibility index (Phi) is 4.78. The molecule has 1 fully saturated rings. The standard InChI is InChI=1S/C16H24FNO2/c1-4-16(3,18-7-9-20-10-8-18)15(19)14-6-5-13(17)11-12(14)2/h5-6,11,15,19H,4,7-10H2,1-3H3. The van der Waals surface area contributed by atoms with Crippen LogP contribution in [0.25, 0.3) is 0 Å². The second kappa shape index (κ2) is 6.20. The minimum atomic E-state index is -0.633. The van der Waals surface area contributed by atoms with Gasteiger partial charge in [-0.2, -0.15) is 0 Å². The summed E-state index contributed by atoms with van der Waals surface area (Å²) in [6, 6.07) is 4.60. The molecule has 0 aromatic heterocycles. The van der Waals surface area contributed by atoms with Gasteiger partial charge in [0.05, 0.1) is 19.3 Å². The van der Waals surface area contributed by atoms with Gasteiger partial charge in [0.15, 0.2) is 0 Å². The van der Waals surface area contributed by atoms with Gasteiger partial charge in [-0.15, -0.1) is 0 Å². The molecular formula is C16H24FNO2.